The van der Waals surface area contributed by atoms with E-state index >= 15 is 0 Å². The van der Waals surface area contributed by atoms with Gasteiger partial charge in [0.05, 0.1) is 0 Å². The van der Waals surface area contributed by atoms with Gasteiger partial charge in [-0.3, -0.25) is 0 Å². The summed E-state index contributed by atoms with van der Waals surface area (Å²) in [6.07, 6.45) is 3.93. The Balaban J connectivity index is 2.40. The first-order chi connectivity index (χ1) is 13.3. The van der Waals surface area contributed by atoms with Crippen LogP contribution in [0.15, 0.2) is 70.5 Å². The van der Waals surface area contributed by atoms with Crippen molar-refractivity contribution in [3.63, 3.8) is 0 Å². The quantitative estimate of drug-likeness (QED) is 0.248. The Hall–Kier alpha value is -2.44. The average molecular weight is 415 g/mol. The largest absolute Gasteiger partial charge is 0.423 e. The Morgan fingerprint density at radius 2 is 1.11 bits per heavy atom. The Kier molecular flexibility index (Phi) is 7.54. The van der Waals surface area contributed by atoms with E-state index in [2.05, 4.69) is 13.2 Å². The van der Waals surface area contributed by atoms with Gasteiger partial charge in [0.15, 0.2) is 0 Å². The first kappa shape index (κ1) is 21.9. The lowest BCUT2D eigenvalue weighted by molar-refractivity contribution is -0.130. The zero-order chi connectivity index (χ0) is 20.8. The van der Waals surface area contributed by atoms with Crippen LogP contribution >= 0.6 is 23.5 Å². The van der Waals surface area contributed by atoms with Crippen molar-refractivity contribution in [3.8, 4) is 22.6 Å². The van der Waals surface area contributed by atoms with Crippen molar-refractivity contribution in [2.24, 2.45) is 0 Å². The van der Waals surface area contributed by atoms with Gasteiger partial charge in [-0.2, -0.15) is 0 Å². The van der Waals surface area contributed by atoms with Crippen molar-refractivity contribution >= 4 is 35.5 Å². The monoisotopic (exact) mass is 414 g/mol. The molecule has 0 saturated heterocycles. The molecular weight excluding hydrogens is 392 g/mol. The molecule has 28 heavy (non-hydrogen) atoms. The van der Waals surface area contributed by atoms with Crippen LogP contribution in [0, 0.1) is 0 Å². The number of hydrogen-bond acceptors (Lipinski definition) is 6. The summed E-state index contributed by atoms with van der Waals surface area (Å²) in [6, 6.07) is 11.0. The highest BCUT2D eigenvalue weighted by atomic mass is 32.2. The predicted octanol–water partition coefficient (Wildman–Crippen LogP) is 5.76. The molecule has 0 aliphatic carbocycles. The molecule has 0 radical (unpaired) electrons. The van der Waals surface area contributed by atoms with E-state index in [0.717, 1.165) is 20.9 Å². The molecule has 0 amide bonds. The minimum Gasteiger partial charge on any atom is -0.423 e. The molecule has 0 saturated carbocycles. The normalized spacial score (nSPS) is 10.3. The van der Waals surface area contributed by atoms with Crippen LogP contribution in [0.1, 0.15) is 13.8 Å². The minimum absolute atomic E-state index is 0.347. The van der Waals surface area contributed by atoms with Gasteiger partial charge in [-0.15, -0.1) is 23.5 Å². The molecule has 0 fully saturated rings. The summed E-state index contributed by atoms with van der Waals surface area (Å²) in [6.45, 7) is 10.4. The minimum atomic E-state index is -0.451. The molecule has 0 aliphatic heterocycles. The molecule has 0 aromatic heterocycles. The van der Waals surface area contributed by atoms with Crippen molar-refractivity contribution in [1.82, 2.24) is 0 Å². The standard InChI is InChI=1S/C22H22O4S2/c1-13(2)21(23)25-15-7-9-17(19(11-15)27-5)18-10-8-16(12-20(18)28-6)26-22(24)14(3)4/h7-12H,1,3H2,2,4-6H3. The second-order valence-electron chi connectivity index (χ2n) is 6.06. The fourth-order valence-electron chi connectivity index (χ4n) is 2.30. The number of ether oxygens (including phenoxy) is 2. The summed E-state index contributed by atoms with van der Waals surface area (Å²) < 4.78 is 10.7. The molecule has 0 heterocycles. The average Bonchev–Trinajstić information content (AvgIpc) is 2.67. The first-order valence-electron chi connectivity index (χ1n) is 8.38. The van der Waals surface area contributed by atoms with E-state index in [1.165, 1.54) is 0 Å². The summed E-state index contributed by atoms with van der Waals surface area (Å²) in [5.41, 5.74) is 2.70. The Morgan fingerprint density at radius 3 is 1.39 bits per heavy atom. The molecule has 0 N–H and O–H groups in total. The summed E-state index contributed by atoms with van der Waals surface area (Å²) in [5, 5.41) is 0. The smallest absolute Gasteiger partial charge is 0.338 e. The topological polar surface area (TPSA) is 52.6 Å². The highest BCUT2D eigenvalue weighted by Crippen LogP contribution is 2.39. The molecule has 0 aliphatic rings. The number of benzene rings is 2. The Bertz CT molecular complexity index is 870. The van der Waals surface area contributed by atoms with Gasteiger partial charge in [0.2, 0.25) is 0 Å². The van der Waals surface area contributed by atoms with E-state index in [0.29, 0.717) is 22.6 Å². The van der Waals surface area contributed by atoms with Crippen LogP contribution in [-0.4, -0.2) is 24.5 Å². The SMILES string of the molecule is C=C(C)C(=O)Oc1ccc(-c2ccc(OC(=O)C(=C)C)cc2SC)c(SC)c1. The zero-order valence-electron chi connectivity index (χ0n) is 16.3. The van der Waals surface area contributed by atoms with E-state index in [-0.39, 0.29) is 0 Å². The van der Waals surface area contributed by atoms with Gasteiger partial charge < -0.3 is 9.47 Å². The van der Waals surface area contributed by atoms with Crippen molar-refractivity contribution in [3.05, 3.63) is 60.7 Å². The molecular formula is C22H22O4S2. The third-order valence-corrected chi connectivity index (χ3v) is 5.31. The highest BCUT2D eigenvalue weighted by molar-refractivity contribution is 7.99. The molecule has 0 spiro atoms. The van der Waals surface area contributed by atoms with Crippen molar-refractivity contribution in [2.45, 2.75) is 23.6 Å². The van der Waals surface area contributed by atoms with Gasteiger partial charge in [-0.1, -0.05) is 13.2 Å². The third kappa shape index (κ3) is 5.30. The Morgan fingerprint density at radius 1 is 0.750 bits per heavy atom. The van der Waals surface area contributed by atoms with Gasteiger partial charge in [0.25, 0.3) is 0 Å². The van der Waals surface area contributed by atoms with Crippen LogP contribution in [-0.2, 0) is 9.59 Å². The van der Waals surface area contributed by atoms with E-state index in [1.54, 1.807) is 49.5 Å². The number of esters is 2. The molecule has 2 aromatic carbocycles. The maximum atomic E-state index is 11.8. The van der Waals surface area contributed by atoms with Crippen LogP contribution in [0.25, 0.3) is 11.1 Å². The third-order valence-electron chi connectivity index (χ3n) is 3.75. The summed E-state index contributed by atoms with van der Waals surface area (Å²) in [4.78, 5) is 25.5. The second kappa shape index (κ2) is 9.66. The number of thioether (sulfide) groups is 2. The van der Waals surface area contributed by atoms with Crippen molar-refractivity contribution in [1.29, 1.82) is 0 Å². The van der Waals surface area contributed by atoms with Gasteiger partial charge in [-0.25, -0.2) is 9.59 Å². The van der Waals surface area contributed by atoms with Crippen molar-refractivity contribution in [2.75, 3.05) is 12.5 Å². The number of carbonyl (C=O) groups excluding carboxylic acids is 2. The van der Waals surface area contributed by atoms with Crippen molar-refractivity contribution < 1.29 is 19.1 Å². The van der Waals surface area contributed by atoms with Gasteiger partial charge >= 0.3 is 11.9 Å². The van der Waals surface area contributed by atoms with Crippen LogP contribution in [0.2, 0.25) is 0 Å². The van der Waals surface area contributed by atoms with E-state index in [1.807, 2.05) is 36.8 Å². The number of rotatable bonds is 7. The van der Waals surface area contributed by atoms with E-state index in [4.69, 9.17) is 9.47 Å². The van der Waals surface area contributed by atoms with Crippen LogP contribution in [0.5, 0.6) is 11.5 Å². The highest BCUT2D eigenvalue weighted by Gasteiger charge is 2.14. The molecule has 0 bridgehead atoms. The van der Waals surface area contributed by atoms with E-state index in [9.17, 15) is 9.59 Å². The van der Waals surface area contributed by atoms with Crippen LogP contribution in [0.3, 0.4) is 0 Å². The predicted molar refractivity (Wildman–Crippen MR) is 116 cm³/mol. The lowest BCUT2D eigenvalue weighted by Gasteiger charge is -2.14. The fourth-order valence-corrected chi connectivity index (χ4v) is 3.57. The second-order valence-corrected chi connectivity index (χ2v) is 7.76. The summed E-state index contributed by atoms with van der Waals surface area (Å²) in [5.74, 6) is 0.0409. The van der Waals surface area contributed by atoms with Gasteiger partial charge in [-0.05, 0) is 73.9 Å². The van der Waals surface area contributed by atoms with E-state index < -0.39 is 11.9 Å². The molecule has 6 heteroatoms. The maximum absolute atomic E-state index is 11.8. The van der Waals surface area contributed by atoms with Crippen LogP contribution < -0.4 is 9.47 Å². The summed E-state index contributed by atoms with van der Waals surface area (Å²) in [7, 11) is 0. The lowest BCUT2D eigenvalue weighted by atomic mass is 10.1. The summed E-state index contributed by atoms with van der Waals surface area (Å²) >= 11 is 3.12. The molecule has 4 nitrogen and oxygen atoms in total. The zero-order valence-corrected chi connectivity index (χ0v) is 18.0. The number of carbonyl (C=O) groups is 2. The van der Waals surface area contributed by atoms with Gasteiger partial charge in [0, 0.05) is 20.9 Å². The molecule has 2 rings (SSSR count). The number of hydrogen-bond donors (Lipinski definition) is 0. The first-order valence-corrected chi connectivity index (χ1v) is 10.8. The molecule has 2 aromatic rings. The molecule has 146 valence electrons. The fraction of sp³-hybridized carbons (Fsp3) is 0.182. The maximum Gasteiger partial charge on any atom is 0.338 e. The van der Waals surface area contributed by atoms with Crippen LogP contribution in [0.4, 0.5) is 0 Å². The lowest BCUT2D eigenvalue weighted by Crippen LogP contribution is -2.08. The molecule has 0 unspecified atom stereocenters. The van der Waals surface area contributed by atoms with Gasteiger partial charge in [0.1, 0.15) is 11.5 Å². The Labute approximate surface area is 174 Å². The molecule has 0 atom stereocenters.